The van der Waals surface area contributed by atoms with Crippen molar-refractivity contribution in [2.45, 2.75) is 39.5 Å². The van der Waals surface area contributed by atoms with Crippen LogP contribution in [0.25, 0.3) is 0 Å². The highest BCUT2D eigenvalue weighted by molar-refractivity contribution is 5.78. The van der Waals surface area contributed by atoms with Crippen molar-refractivity contribution >= 4 is 5.97 Å². The van der Waals surface area contributed by atoms with Crippen molar-refractivity contribution in [2.75, 3.05) is 6.61 Å². The highest BCUT2D eigenvalue weighted by Gasteiger charge is 1.99. The van der Waals surface area contributed by atoms with E-state index in [0.717, 1.165) is 12.8 Å². The lowest BCUT2D eigenvalue weighted by atomic mass is 10.2. The largest absolute Gasteiger partial charge is 0.466 e. The standard InChI is InChI=1S/C9H17O2/c1-3-5-6-7-8-9(10)11-4-2/h8H,3-7H2,1-2H3. The van der Waals surface area contributed by atoms with E-state index in [1.54, 1.807) is 6.42 Å². The van der Waals surface area contributed by atoms with Crippen molar-refractivity contribution in [1.82, 2.24) is 0 Å². The van der Waals surface area contributed by atoms with Gasteiger partial charge in [0.1, 0.15) is 0 Å². The molecule has 0 unspecified atom stereocenters. The van der Waals surface area contributed by atoms with Gasteiger partial charge in [-0.15, -0.1) is 0 Å². The molecule has 11 heavy (non-hydrogen) atoms. The molecule has 0 aromatic rings. The molecule has 0 aromatic carbocycles. The third-order valence-corrected chi connectivity index (χ3v) is 1.41. The summed E-state index contributed by atoms with van der Waals surface area (Å²) < 4.78 is 4.73. The first kappa shape index (κ1) is 10.5. The molecule has 0 aliphatic rings. The van der Waals surface area contributed by atoms with Gasteiger partial charge in [0.25, 0.3) is 0 Å². The molecular weight excluding hydrogens is 140 g/mol. The molecule has 2 heteroatoms. The van der Waals surface area contributed by atoms with E-state index in [1.165, 1.54) is 12.8 Å². The quantitative estimate of drug-likeness (QED) is 0.437. The highest BCUT2D eigenvalue weighted by atomic mass is 16.5. The summed E-state index contributed by atoms with van der Waals surface area (Å²) in [5, 5.41) is 0. The number of carbonyl (C=O) groups is 1. The van der Waals surface area contributed by atoms with E-state index in [0.29, 0.717) is 6.61 Å². The van der Waals surface area contributed by atoms with Crippen molar-refractivity contribution in [3.05, 3.63) is 6.42 Å². The molecule has 0 heterocycles. The van der Waals surface area contributed by atoms with Crippen molar-refractivity contribution in [1.29, 1.82) is 0 Å². The third-order valence-electron chi connectivity index (χ3n) is 1.41. The zero-order valence-electron chi connectivity index (χ0n) is 7.43. The average molecular weight is 157 g/mol. The molecule has 0 atom stereocenters. The number of ether oxygens (including phenoxy) is 1. The third kappa shape index (κ3) is 7.37. The normalized spacial score (nSPS) is 9.64. The molecule has 0 bridgehead atoms. The smallest absolute Gasteiger partial charge is 0.309 e. The minimum Gasteiger partial charge on any atom is -0.466 e. The van der Waals surface area contributed by atoms with Crippen LogP contribution in [0.15, 0.2) is 0 Å². The fourth-order valence-electron chi connectivity index (χ4n) is 0.815. The van der Waals surface area contributed by atoms with Crippen LogP contribution in [0.5, 0.6) is 0 Å². The van der Waals surface area contributed by atoms with Crippen LogP contribution >= 0.6 is 0 Å². The molecule has 65 valence electrons. The molecule has 0 saturated carbocycles. The predicted octanol–water partition coefficient (Wildman–Crippen LogP) is 2.33. The van der Waals surface area contributed by atoms with Gasteiger partial charge in [-0.1, -0.05) is 26.2 Å². The first-order valence-corrected chi connectivity index (χ1v) is 4.31. The van der Waals surface area contributed by atoms with Crippen LogP contribution in [-0.4, -0.2) is 12.6 Å². The predicted molar refractivity (Wildman–Crippen MR) is 45.1 cm³/mol. The Bertz CT molecular complexity index is 99.7. The summed E-state index contributed by atoms with van der Waals surface area (Å²) in [5.41, 5.74) is 0. The Kier molecular flexibility index (Phi) is 7.21. The summed E-state index contributed by atoms with van der Waals surface area (Å²) in [6.45, 7) is 4.44. The van der Waals surface area contributed by atoms with E-state index in [4.69, 9.17) is 4.74 Å². The maximum Gasteiger partial charge on any atom is 0.309 e. The van der Waals surface area contributed by atoms with E-state index >= 15 is 0 Å². The topological polar surface area (TPSA) is 26.3 Å². The maximum atomic E-state index is 10.7. The number of unbranched alkanes of at least 4 members (excludes halogenated alkanes) is 3. The zero-order valence-corrected chi connectivity index (χ0v) is 7.43. The number of rotatable bonds is 6. The molecule has 0 amide bonds. The van der Waals surface area contributed by atoms with Gasteiger partial charge in [-0.3, -0.25) is 4.79 Å². The molecule has 0 fully saturated rings. The van der Waals surface area contributed by atoms with Gasteiger partial charge >= 0.3 is 5.97 Å². The van der Waals surface area contributed by atoms with E-state index < -0.39 is 0 Å². The van der Waals surface area contributed by atoms with Gasteiger partial charge < -0.3 is 4.74 Å². The van der Waals surface area contributed by atoms with Crippen LogP contribution in [0.4, 0.5) is 0 Å². The maximum absolute atomic E-state index is 10.7. The van der Waals surface area contributed by atoms with Gasteiger partial charge in [0.15, 0.2) is 0 Å². The summed E-state index contributed by atoms with van der Waals surface area (Å²) in [6.07, 6.45) is 5.95. The Balaban J connectivity index is 3.04. The lowest BCUT2D eigenvalue weighted by Crippen LogP contribution is -2.03. The monoisotopic (exact) mass is 157 g/mol. The summed E-state index contributed by atoms with van der Waals surface area (Å²) in [7, 11) is 0. The van der Waals surface area contributed by atoms with E-state index in [-0.39, 0.29) is 5.97 Å². The van der Waals surface area contributed by atoms with Crippen molar-refractivity contribution < 1.29 is 9.53 Å². The lowest BCUT2D eigenvalue weighted by molar-refractivity contribution is -0.139. The molecule has 0 aliphatic carbocycles. The average Bonchev–Trinajstić information content (AvgIpc) is 1.99. The minimum atomic E-state index is -0.177. The summed E-state index contributed by atoms with van der Waals surface area (Å²) in [5.74, 6) is -0.177. The number of carbonyl (C=O) groups excluding carboxylic acids is 1. The molecule has 2 nitrogen and oxygen atoms in total. The van der Waals surface area contributed by atoms with Crippen molar-refractivity contribution in [3.8, 4) is 0 Å². The minimum absolute atomic E-state index is 0.177. The van der Waals surface area contributed by atoms with Crippen LogP contribution in [-0.2, 0) is 9.53 Å². The highest BCUT2D eigenvalue weighted by Crippen LogP contribution is 2.01. The Labute approximate surface area is 68.9 Å². The summed E-state index contributed by atoms with van der Waals surface area (Å²) in [4.78, 5) is 10.7. The van der Waals surface area contributed by atoms with Gasteiger partial charge in [-0.25, -0.2) is 0 Å². The molecule has 0 rings (SSSR count). The fourth-order valence-corrected chi connectivity index (χ4v) is 0.815. The molecule has 0 aromatic heterocycles. The SMILES string of the molecule is CCCCC[CH]C(=O)OCC. The molecule has 0 N–H and O–H groups in total. The van der Waals surface area contributed by atoms with Crippen LogP contribution in [0.3, 0.4) is 0 Å². The molecular formula is C9H17O2. The number of esters is 1. The van der Waals surface area contributed by atoms with Crippen LogP contribution in [0.2, 0.25) is 0 Å². The van der Waals surface area contributed by atoms with Gasteiger partial charge in [0.2, 0.25) is 0 Å². The second-order valence-corrected chi connectivity index (χ2v) is 2.45. The van der Waals surface area contributed by atoms with Crippen LogP contribution in [0, 0.1) is 6.42 Å². The zero-order chi connectivity index (χ0) is 8.53. The Morgan fingerprint density at radius 3 is 2.64 bits per heavy atom. The van der Waals surface area contributed by atoms with Gasteiger partial charge in [-0.2, -0.15) is 0 Å². The van der Waals surface area contributed by atoms with Gasteiger partial charge in [-0.05, 0) is 13.3 Å². The van der Waals surface area contributed by atoms with Gasteiger partial charge in [0, 0.05) is 0 Å². The van der Waals surface area contributed by atoms with E-state index in [9.17, 15) is 4.79 Å². The molecule has 0 aliphatic heterocycles. The number of hydrogen-bond acceptors (Lipinski definition) is 2. The molecule has 0 saturated heterocycles. The molecule has 0 spiro atoms. The second kappa shape index (κ2) is 7.58. The Morgan fingerprint density at radius 1 is 1.36 bits per heavy atom. The lowest BCUT2D eigenvalue weighted by Gasteiger charge is -1.99. The summed E-state index contributed by atoms with van der Waals surface area (Å²) >= 11 is 0. The van der Waals surface area contributed by atoms with Gasteiger partial charge in [0.05, 0.1) is 13.0 Å². The number of hydrogen-bond donors (Lipinski definition) is 0. The van der Waals surface area contributed by atoms with Crippen molar-refractivity contribution in [2.24, 2.45) is 0 Å². The van der Waals surface area contributed by atoms with Crippen LogP contribution < -0.4 is 0 Å². The van der Waals surface area contributed by atoms with E-state index in [2.05, 4.69) is 6.92 Å². The first-order valence-electron chi connectivity index (χ1n) is 4.31. The Morgan fingerprint density at radius 2 is 2.09 bits per heavy atom. The van der Waals surface area contributed by atoms with Crippen LogP contribution in [0.1, 0.15) is 39.5 Å². The first-order chi connectivity index (χ1) is 5.31. The molecule has 1 radical (unpaired) electrons. The van der Waals surface area contributed by atoms with Crippen molar-refractivity contribution in [3.63, 3.8) is 0 Å². The summed E-state index contributed by atoms with van der Waals surface area (Å²) in [6, 6.07) is 0. The second-order valence-electron chi connectivity index (χ2n) is 2.45. The Hall–Kier alpha value is -0.530. The fraction of sp³-hybridized carbons (Fsp3) is 0.778. The van der Waals surface area contributed by atoms with E-state index in [1.807, 2.05) is 6.92 Å².